The van der Waals surface area contributed by atoms with Crippen molar-refractivity contribution in [2.45, 2.75) is 0 Å². The zero-order valence-electron chi connectivity index (χ0n) is 9.26. The maximum absolute atomic E-state index is 10.8. The number of hydrogen-bond acceptors (Lipinski definition) is 3. The standard InChI is InChI=1S/C14H8INOS/c15-11-3-1-2-10(7-11)14-16-12-5-4-9(8-17)6-13(12)18-14/h1-8H. The molecule has 0 fully saturated rings. The number of fused-ring (bicyclic) bond motifs is 1. The van der Waals surface area contributed by atoms with E-state index >= 15 is 0 Å². The smallest absolute Gasteiger partial charge is 0.150 e. The molecule has 0 saturated heterocycles. The summed E-state index contributed by atoms with van der Waals surface area (Å²) in [6, 6.07) is 13.8. The van der Waals surface area contributed by atoms with Crippen LogP contribution in [0.1, 0.15) is 10.4 Å². The molecule has 3 aromatic rings. The first kappa shape index (κ1) is 11.8. The second-order valence-electron chi connectivity index (χ2n) is 3.87. The number of benzene rings is 2. The molecule has 1 heterocycles. The third-order valence-corrected chi connectivity index (χ3v) is 4.36. The Morgan fingerprint density at radius 1 is 1.17 bits per heavy atom. The lowest BCUT2D eigenvalue weighted by atomic mass is 10.2. The second kappa shape index (κ2) is 4.78. The van der Waals surface area contributed by atoms with Crippen LogP contribution >= 0.6 is 33.9 Å². The molecule has 0 aliphatic rings. The summed E-state index contributed by atoms with van der Waals surface area (Å²) in [5, 5.41) is 0.992. The molecule has 0 amide bonds. The Bertz CT molecular complexity index is 735. The Labute approximate surface area is 122 Å². The summed E-state index contributed by atoms with van der Waals surface area (Å²) in [5.41, 5.74) is 2.76. The first-order chi connectivity index (χ1) is 8.76. The molecular weight excluding hydrogens is 357 g/mol. The van der Waals surface area contributed by atoms with E-state index in [0.29, 0.717) is 5.56 Å². The maximum atomic E-state index is 10.8. The highest BCUT2D eigenvalue weighted by molar-refractivity contribution is 14.1. The van der Waals surface area contributed by atoms with Gasteiger partial charge in [0.25, 0.3) is 0 Å². The molecule has 1 aromatic heterocycles. The van der Waals surface area contributed by atoms with Crippen molar-refractivity contribution >= 4 is 50.4 Å². The number of aromatic nitrogens is 1. The molecule has 2 aromatic carbocycles. The van der Waals surface area contributed by atoms with Crippen LogP contribution in [0.15, 0.2) is 42.5 Å². The molecule has 88 valence electrons. The number of aldehydes is 1. The minimum absolute atomic E-state index is 0.695. The van der Waals surface area contributed by atoms with E-state index in [0.717, 1.165) is 27.1 Å². The number of halogens is 1. The van der Waals surface area contributed by atoms with E-state index in [9.17, 15) is 4.79 Å². The van der Waals surface area contributed by atoms with Gasteiger partial charge in [-0.1, -0.05) is 12.1 Å². The fourth-order valence-corrected chi connectivity index (χ4v) is 3.31. The highest BCUT2D eigenvalue weighted by Crippen LogP contribution is 2.31. The fourth-order valence-electron chi connectivity index (χ4n) is 1.76. The molecule has 2 nitrogen and oxygen atoms in total. The van der Waals surface area contributed by atoms with Gasteiger partial charge in [-0.15, -0.1) is 11.3 Å². The van der Waals surface area contributed by atoms with Crippen LogP contribution in [-0.2, 0) is 0 Å². The van der Waals surface area contributed by atoms with Crippen molar-refractivity contribution < 1.29 is 4.79 Å². The van der Waals surface area contributed by atoms with Crippen molar-refractivity contribution in [2.24, 2.45) is 0 Å². The summed E-state index contributed by atoms with van der Waals surface area (Å²) < 4.78 is 2.24. The second-order valence-corrected chi connectivity index (χ2v) is 6.15. The fraction of sp³-hybridized carbons (Fsp3) is 0. The number of carbonyl (C=O) groups is 1. The van der Waals surface area contributed by atoms with Gasteiger partial charge in [0, 0.05) is 14.7 Å². The number of carbonyl (C=O) groups excluding carboxylic acids is 1. The molecule has 0 atom stereocenters. The van der Waals surface area contributed by atoms with E-state index in [2.05, 4.69) is 45.8 Å². The minimum Gasteiger partial charge on any atom is -0.298 e. The zero-order valence-corrected chi connectivity index (χ0v) is 12.2. The summed E-state index contributed by atoms with van der Waals surface area (Å²) in [6.07, 6.45) is 0.865. The van der Waals surface area contributed by atoms with Gasteiger partial charge < -0.3 is 0 Å². The maximum Gasteiger partial charge on any atom is 0.150 e. The summed E-state index contributed by atoms with van der Waals surface area (Å²) in [6.45, 7) is 0. The molecule has 18 heavy (non-hydrogen) atoms. The Hall–Kier alpha value is -1.27. The van der Waals surface area contributed by atoms with E-state index in [1.807, 2.05) is 18.2 Å². The SMILES string of the molecule is O=Cc1ccc2nc(-c3cccc(I)c3)sc2c1. The van der Waals surface area contributed by atoms with Crippen molar-refractivity contribution in [3.05, 3.63) is 51.6 Å². The van der Waals surface area contributed by atoms with Crippen LogP contribution < -0.4 is 0 Å². The molecule has 0 radical (unpaired) electrons. The van der Waals surface area contributed by atoms with Crippen LogP contribution in [0.3, 0.4) is 0 Å². The van der Waals surface area contributed by atoms with Gasteiger partial charge in [-0.05, 0) is 52.9 Å². The molecule has 0 unspecified atom stereocenters. The van der Waals surface area contributed by atoms with Crippen molar-refractivity contribution in [3.8, 4) is 10.6 Å². The van der Waals surface area contributed by atoms with Crippen LogP contribution in [0.5, 0.6) is 0 Å². The van der Waals surface area contributed by atoms with Gasteiger partial charge in [-0.2, -0.15) is 0 Å². The van der Waals surface area contributed by atoms with E-state index in [1.165, 1.54) is 3.57 Å². The molecule has 0 spiro atoms. The Balaban J connectivity index is 2.16. The monoisotopic (exact) mass is 365 g/mol. The number of hydrogen-bond donors (Lipinski definition) is 0. The molecule has 3 rings (SSSR count). The Kier molecular flexibility index (Phi) is 3.13. The van der Waals surface area contributed by atoms with Crippen LogP contribution in [-0.4, -0.2) is 11.3 Å². The molecule has 0 N–H and O–H groups in total. The average molecular weight is 365 g/mol. The summed E-state index contributed by atoms with van der Waals surface area (Å²) in [7, 11) is 0. The first-order valence-electron chi connectivity index (χ1n) is 5.38. The quantitative estimate of drug-likeness (QED) is 0.498. The third-order valence-electron chi connectivity index (χ3n) is 2.62. The van der Waals surface area contributed by atoms with E-state index in [1.54, 1.807) is 17.4 Å². The predicted molar refractivity (Wildman–Crippen MR) is 83.2 cm³/mol. The van der Waals surface area contributed by atoms with Crippen LogP contribution in [0.2, 0.25) is 0 Å². The lowest BCUT2D eigenvalue weighted by Gasteiger charge is -1.95. The Morgan fingerprint density at radius 3 is 2.83 bits per heavy atom. The van der Waals surface area contributed by atoms with Crippen molar-refractivity contribution in [1.29, 1.82) is 0 Å². The van der Waals surface area contributed by atoms with Crippen molar-refractivity contribution in [1.82, 2.24) is 4.98 Å². The first-order valence-corrected chi connectivity index (χ1v) is 7.27. The van der Waals surface area contributed by atoms with Gasteiger partial charge in [-0.25, -0.2) is 4.98 Å². The largest absolute Gasteiger partial charge is 0.298 e. The van der Waals surface area contributed by atoms with Crippen molar-refractivity contribution in [2.75, 3.05) is 0 Å². The summed E-state index contributed by atoms with van der Waals surface area (Å²) in [4.78, 5) is 15.4. The lowest BCUT2D eigenvalue weighted by Crippen LogP contribution is -1.78. The highest BCUT2D eigenvalue weighted by Gasteiger charge is 2.07. The van der Waals surface area contributed by atoms with E-state index in [4.69, 9.17) is 0 Å². The van der Waals surface area contributed by atoms with Crippen LogP contribution in [0, 0.1) is 3.57 Å². The molecule has 0 aliphatic heterocycles. The third kappa shape index (κ3) is 2.18. The van der Waals surface area contributed by atoms with Gasteiger partial charge in [0.2, 0.25) is 0 Å². The minimum atomic E-state index is 0.695. The van der Waals surface area contributed by atoms with Crippen molar-refractivity contribution in [3.63, 3.8) is 0 Å². The predicted octanol–water partition coefficient (Wildman–Crippen LogP) is 4.38. The molecule has 0 bridgehead atoms. The number of rotatable bonds is 2. The zero-order chi connectivity index (χ0) is 12.5. The van der Waals surface area contributed by atoms with E-state index < -0.39 is 0 Å². The molecular formula is C14H8INOS. The lowest BCUT2D eigenvalue weighted by molar-refractivity contribution is 0.112. The molecule has 4 heteroatoms. The molecule has 0 saturated carbocycles. The normalized spacial score (nSPS) is 10.7. The van der Waals surface area contributed by atoms with E-state index in [-0.39, 0.29) is 0 Å². The number of thiazole rings is 1. The average Bonchev–Trinajstić information content (AvgIpc) is 2.81. The number of nitrogens with zero attached hydrogens (tertiary/aromatic N) is 1. The van der Waals surface area contributed by atoms with Crippen LogP contribution in [0.4, 0.5) is 0 Å². The summed E-state index contributed by atoms with van der Waals surface area (Å²) >= 11 is 3.91. The van der Waals surface area contributed by atoms with Gasteiger partial charge in [0.15, 0.2) is 0 Å². The topological polar surface area (TPSA) is 30.0 Å². The van der Waals surface area contributed by atoms with Gasteiger partial charge in [0.1, 0.15) is 11.3 Å². The molecule has 0 aliphatic carbocycles. The summed E-state index contributed by atoms with van der Waals surface area (Å²) in [5.74, 6) is 0. The van der Waals surface area contributed by atoms with Gasteiger partial charge in [-0.3, -0.25) is 4.79 Å². The Morgan fingerprint density at radius 2 is 2.06 bits per heavy atom. The van der Waals surface area contributed by atoms with Gasteiger partial charge >= 0.3 is 0 Å². The highest BCUT2D eigenvalue weighted by atomic mass is 127. The van der Waals surface area contributed by atoms with Gasteiger partial charge in [0.05, 0.1) is 10.2 Å². The van der Waals surface area contributed by atoms with Crippen LogP contribution in [0.25, 0.3) is 20.8 Å².